The second-order valence-electron chi connectivity index (χ2n) is 3.71. The van der Waals surface area contributed by atoms with Crippen LogP contribution >= 0.6 is 23.2 Å². The van der Waals surface area contributed by atoms with Gasteiger partial charge in [-0.15, -0.1) is 0 Å². The highest BCUT2D eigenvalue weighted by Gasteiger charge is 2.29. The van der Waals surface area contributed by atoms with Gasteiger partial charge in [0.05, 0.1) is 14.9 Å². The van der Waals surface area contributed by atoms with Crippen LogP contribution in [0.2, 0.25) is 10.0 Å². The molecular weight excluding hydrogens is 339 g/mol. The maximum absolute atomic E-state index is 10.5. The van der Waals surface area contributed by atoms with Gasteiger partial charge in [0, 0.05) is 6.07 Å². The number of benzene rings is 1. The molecule has 2 rings (SSSR count). The lowest BCUT2D eigenvalue weighted by molar-refractivity contribution is -0.422. The van der Waals surface area contributed by atoms with E-state index in [0.29, 0.717) is 0 Å². The first kappa shape index (κ1) is 17.5. The summed E-state index contributed by atoms with van der Waals surface area (Å²) < 4.78 is 0. The first-order valence-electron chi connectivity index (χ1n) is 5.45. The summed E-state index contributed by atoms with van der Waals surface area (Å²) in [7, 11) is 0. The van der Waals surface area contributed by atoms with Crippen molar-refractivity contribution >= 4 is 46.1 Å². The van der Waals surface area contributed by atoms with Gasteiger partial charge in [-0.1, -0.05) is 23.2 Å². The van der Waals surface area contributed by atoms with Gasteiger partial charge in [-0.2, -0.15) is 0 Å². The molecule has 0 atom stereocenters. The molecule has 0 radical (unpaired) electrons. The number of ketones is 2. The predicted octanol–water partition coefficient (Wildman–Crippen LogP) is 3.06. The lowest BCUT2D eigenvalue weighted by Gasteiger charge is -1.98. The van der Waals surface area contributed by atoms with Crippen molar-refractivity contribution in [1.29, 1.82) is 0 Å². The van der Waals surface area contributed by atoms with Crippen molar-refractivity contribution < 1.29 is 19.4 Å². The van der Waals surface area contributed by atoms with Crippen molar-refractivity contribution in [2.45, 2.75) is 0 Å². The molecule has 0 N–H and O–H groups in total. The third-order valence-electron chi connectivity index (χ3n) is 2.25. The minimum absolute atomic E-state index is 0.0935. The first-order chi connectivity index (χ1) is 10.2. The Hall–Kier alpha value is -2.58. The summed E-state index contributed by atoms with van der Waals surface area (Å²) in [5.41, 5.74) is -1.46. The molecule has 0 aromatic heterocycles. The molecule has 0 aliphatic heterocycles. The Morgan fingerprint density at radius 2 is 1.27 bits per heavy atom. The number of hydrogen-bond acceptors (Lipinski definition) is 6. The van der Waals surface area contributed by atoms with Crippen molar-refractivity contribution in [3.8, 4) is 0 Å². The Labute approximate surface area is 132 Å². The van der Waals surface area contributed by atoms with Crippen LogP contribution in [0.15, 0.2) is 36.4 Å². The third kappa shape index (κ3) is 4.47. The molecule has 10 heteroatoms. The van der Waals surface area contributed by atoms with E-state index in [1.165, 1.54) is 24.3 Å². The zero-order valence-electron chi connectivity index (χ0n) is 10.6. The van der Waals surface area contributed by atoms with E-state index in [1.54, 1.807) is 0 Å². The van der Waals surface area contributed by atoms with Gasteiger partial charge in [-0.3, -0.25) is 29.8 Å². The van der Waals surface area contributed by atoms with Gasteiger partial charge in [-0.05, 0) is 30.4 Å². The quantitative estimate of drug-likeness (QED) is 0.461. The number of carbonyl (C=O) groups is 2. The van der Waals surface area contributed by atoms with E-state index in [0.717, 1.165) is 12.1 Å². The van der Waals surface area contributed by atoms with Crippen LogP contribution in [0.3, 0.4) is 0 Å². The van der Waals surface area contributed by atoms with E-state index in [9.17, 15) is 29.8 Å². The summed E-state index contributed by atoms with van der Waals surface area (Å²) in [5, 5.41) is 20.3. The van der Waals surface area contributed by atoms with Gasteiger partial charge in [-0.25, -0.2) is 0 Å². The number of halogens is 2. The minimum atomic E-state index is -0.938. The van der Waals surface area contributed by atoms with E-state index in [-0.39, 0.29) is 16.6 Å². The molecular formula is C12H6Cl2N2O6. The minimum Gasteiger partial charge on any atom is -0.290 e. The van der Waals surface area contributed by atoms with E-state index in [1.807, 2.05) is 0 Å². The van der Waals surface area contributed by atoms with Crippen molar-refractivity contribution in [3.05, 3.63) is 66.7 Å². The van der Waals surface area contributed by atoms with Gasteiger partial charge in [0.2, 0.25) is 0 Å². The van der Waals surface area contributed by atoms with Crippen LogP contribution in [0.5, 0.6) is 0 Å². The number of nitro benzene ring substituents is 2. The number of carbonyl (C=O) groups excluding carboxylic acids is 2. The van der Waals surface area contributed by atoms with Gasteiger partial charge in [0.1, 0.15) is 5.02 Å². The molecule has 1 aromatic carbocycles. The van der Waals surface area contributed by atoms with Crippen molar-refractivity contribution in [2.75, 3.05) is 0 Å². The van der Waals surface area contributed by atoms with Crippen LogP contribution in [0.25, 0.3) is 0 Å². The second kappa shape index (κ2) is 7.43. The van der Waals surface area contributed by atoms with Gasteiger partial charge in [0.25, 0.3) is 0 Å². The van der Waals surface area contributed by atoms with E-state index >= 15 is 0 Å². The molecule has 0 saturated carbocycles. The number of nitrogens with zero attached hydrogens (tertiary/aromatic N) is 2. The maximum atomic E-state index is 10.5. The lowest BCUT2D eigenvalue weighted by Crippen LogP contribution is -1.97. The Kier molecular flexibility index (Phi) is 5.90. The highest BCUT2D eigenvalue weighted by Crippen LogP contribution is 2.38. The highest BCUT2D eigenvalue weighted by atomic mass is 35.5. The van der Waals surface area contributed by atoms with E-state index < -0.39 is 26.2 Å². The van der Waals surface area contributed by atoms with Crippen LogP contribution in [-0.4, -0.2) is 21.4 Å². The summed E-state index contributed by atoms with van der Waals surface area (Å²) in [5.74, 6) is -0.241. The summed E-state index contributed by atoms with van der Waals surface area (Å²) in [6.07, 6.45) is 5.01. The van der Waals surface area contributed by atoms with E-state index in [2.05, 4.69) is 0 Å². The SMILES string of the molecule is O=C1C=CC(=O)C=C1.O=[N+]([O-])c1ccc(Cl)c(Cl)c1[N+](=O)[O-]. The molecule has 0 spiro atoms. The fourth-order valence-corrected chi connectivity index (χ4v) is 1.67. The Balaban J connectivity index is 0.000000255. The average Bonchev–Trinajstić information content (AvgIpc) is 2.45. The maximum Gasteiger partial charge on any atom is 0.365 e. The molecule has 1 aromatic rings. The van der Waals surface area contributed by atoms with Crippen LogP contribution in [0, 0.1) is 20.2 Å². The van der Waals surface area contributed by atoms with Crippen molar-refractivity contribution in [3.63, 3.8) is 0 Å². The molecule has 0 amide bonds. The largest absolute Gasteiger partial charge is 0.365 e. The average molecular weight is 345 g/mol. The topological polar surface area (TPSA) is 120 Å². The summed E-state index contributed by atoms with van der Waals surface area (Å²) in [6, 6.07) is 2.07. The van der Waals surface area contributed by atoms with E-state index in [4.69, 9.17) is 23.2 Å². The molecule has 0 fully saturated rings. The molecule has 0 saturated heterocycles. The molecule has 8 nitrogen and oxygen atoms in total. The molecule has 0 unspecified atom stereocenters. The van der Waals surface area contributed by atoms with Crippen molar-refractivity contribution in [2.24, 2.45) is 0 Å². The van der Waals surface area contributed by atoms with Crippen molar-refractivity contribution in [1.82, 2.24) is 0 Å². The predicted molar refractivity (Wildman–Crippen MR) is 78.1 cm³/mol. The molecule has 22 heavy (non-hydrogen) atoms. The normalized spacial score (nSPS) is 12.6. The Morgan fingerprint density at radius 3 is 1.64 bits per heavy atom. The Morgan fingerprint density at radius 1 is 0.818 bits per heavy atom. The first-order valence-corrected chi connectivity index (χ1v) is 6.20. The third-order valence-corrected chi connectivity index (χ3v) is 3.05. The molecule has 0 bridgehead atoms. The molecule has 0 heterocycles. The zero-order chi connectivity index (χ0) is 16.9. The lowest BCUT2D eigenvalue weighted by atomic mass is 10.2. The molecule has 114 valence electrons. The number of hydrogen-bond donors (Lipinski definition) is 0. The van der Waals surface area contributed by atoms with Crippen LogP contribution in [0.1, 0.15) is 0 Å². The van der Waals surface area contributed by atoms with Gasteiger partial charge >= 0.3 is 11.4 Å². The Bertz CT molecular complexity index is 689. The van der Waals surface area contributed by atoms with Gasteiger partial charge in [0.15, 0.2) is 11.6 Å². The summed E-state index contributed by atoms with van der Waals surface area (Å²) in [4.78, 5) is 39.6. The van der Waals surface area contributed by atoms with Crippen LogP contribution in [0.4, 0.5) is 11.4 Å². The number of allylic oxidation sites excluding steroid dienone is 4. The molecule has 1 aliphatic rings. The monoisotopic (exact) mass is 344 g/mol. The fraction of sp³-hybridized carbons (Fsp3) is 0. The summed E-state index contributed by atoms with van der Waals surface area (Å²) >= 11 is 10.9. The molecule has 1 aliphatic carbocycles. The van der Waals surface area contributed by atoms with Crippen LogP contribution < -0.4 is 0 Å². The number of rotatable bonds is 2. The zero-order valence-corrected chi connectivity index (χ0v) is 12.1. The van der Waals surface area contributed by atoms with Crippen LogP contribution in [-0.2, 0) is 9.59 Å². The number of nitro groups is 2. The summed E-state index contributed by atoms with van der Waals surface area (Å²) in [6.45, 7) is 0. The smallest absolute Gasteiger partial charge is 0.290 e. The highest BCUT2D eigenvalue weighted by molar-refractivity contribution is 6.43. The van der Waals surface area contributed by atoms with Gasteiger partial charge < -0.3 is 0 Å². The standard InChI is InChI=1S/C6H2Cl2N2O4.C6H4O2/c7-3-1-2-4(9(11)12)6(5(3)8)10(13)14;7-5-1-2-6(8)4-3-5/h1-2H;1-4H. The fourth-order valence-electron chi connectivity index (χ4n) is 1.29. The second-order valence-corrected chi connectivity index (χ2v) is 4.50.